The number of hydrogen-bond acceptors (Lipinski definition) is 2. The summed E-state index contributed by atoms with van der Waals surface area (Å²) >= 11 is 0. The fraction of sp³-hybridized carbons (Fsp3) is 0.600. The maximum atomic E-state index is 14.0. The second-order valence-electron chi connectivity index (χ2n) is 5.28. The number of hydrogen-bond donors (Lipinski definition) is 1. The second kappa shape index (κ2) is 6.19. The lowest BCUT2D eigenvalue weighted by molar-refractivity contribution is 0.381. The monoisotopic (exact) mass is 251 g/mol. The predicted octanol–water partition coefficient (Wildman–Crippen LogP) is 3.28. The Morgan fingerprint density at radius 2 is 2.11 bits per heavy atom. The maximum Gasteiger partial charge on any atom is 0.168 e. The average Bonchev–Trinajstić information content (AvgIpc) is 2.84. The highest BCUT2D eigenvalue weighted by molar-refractivity contribution is 5.31. The molecule has 1 atom stereocenters. The number of rotatable bonds is 5. The molecule has 0 aromatic heterocycles. The fourth-order valence-electron chi connectivity index (χ4n) is 2.91. The molecule has 2 nitrogen and oxygen atoms in total. The minimum Gasteiger partial charge on any atom is -0.494 e. The Kier molecular flexibility index (Phi) is 4.59. The Hall–Kier alpha value is -1.09. The molecule has 0 bridgehead atoms. The molecule has 1 aliphatic carbocycles. The Labute approximate surface area is 108 Å². The molecular weight excluding hydrogens is 229 g/mol. The van der Waals surface area contributed by atoms with E-state index in [1.807, 2.05) is 6.07 Å². The largest absolute Gasteiger partial charge is 0.494 e. The molecule has 0 radical (unpaired) electrons. The number of nitrogens with two attached hydrogens (primary N) is 1. The van der Waals surface area contributed by atoms with Crippen LogP contribution in [-0.4, -0.2) is 13.2 Å². The van der Waals surface area contributed by atoms with Crippen molar-refractivity contribution in [2.45, 2.75) is 44.6 Å². The van der Waals surface area contributed by atoms with E-state index >= 15 is 0 Å². The minimum atomic E-state index is -0.262. The molecule has 2 rings (SSSR count). The molecule has 0 amide bonds. The Morgan fingerprint density at radius 1 is 1.39 bits per heavy atom. The molecule has 0 heterocycles. The number of halogens is 1. The van der Waals surface area contributed by atoms with Gasteiger partial charge in [-0.2, -0.15) is 0 Å². The molecule has 0 saturated heterocycles. The first-order valence-corrected chi connectivity index (χ1v) is 6.77. The van der Waals surface area contributed by atoms with Crippen molar-refractivity contribution < 1.29 is 9.13 Å². The quantitative estimate of drug-likeness (QED) is 0.871. The van der Waals surface area contributed by atoms with Crippen LogP contribution in [0.3, 0.4) is 0 Å². The maximum absolute atomic E-state index is 14.0. The van der Waals surface area contributed by atoms with E-state index in [2.05, 4.69) is 0 Å². The van der Waals surface area contributed by atoms with Crippen LogP contribution in [0.25, 0.3) is 0 Å². The van der Waals surface area contributed by atoms with Crippen LogP contribution in [0.1, 0.15) is 37.7 Å². The molecule has 1 aromatic rings. The molecule has 100 valence electrons. The Bertz CT molecular complexity index is 388. The summed E-state index contributed by atoms with van der Waals surface area (Å²) in [5.41, 5.74) is 6.80. The summed E-state index contributed by atoms with van der Waals surface area (Å²) in [4.78, 5) is 0. The topological polar surface area (TPSA) is 35.2 Å². The zero-order valence-corrected chi connectivity index (χ0v) is 11.0. The van der Waals surface area contributed by atoms with Crippen molar-refractivity contribution in [1.29, 1.82) is 0 Å². The van der Waals surface area contributed by atoms with Gasteiger partial charge in [0.25, 0.3) is 0 Å². The average molecular weight is 251 g/mol. The molecule has 1 fully saturated rings. The van der Waals surface area contributed by atoms with Gasteiger partial charge >= 0.3 is 0 Å². The molecule has 1 unspecified atom stereocenters. The van der Waals surface area contributed by atoms with Crippen molar-refractivity contribution in [3.8, 4) is 5.75 Å². The first-order chi connectivity index (χ1) is 8.70. The zero-order chi connectivity index (χ0) is 13.0. The van der Waals surface area contributed by atoms with Crippen LogP contribution < -0.4 is 10.5 Å². The predicted molar refractivity (Wildman–Crippen MR) is 71.2 cm³/mol. The fourth-order valence-corrected chi connectivity index (χ4v) is 2.91. The third-order valence-corrected chi connectivity index (χ3v) is 3.86. The van der Waals surface area contributed by atoms with Gasteiger partial charge < -0.3 is 10.5 Å². The highest BCUT2D eigenvalue weighted by Gasteiger charge is 2.19. The lowest BCUT2D eigenvalue weighted by Gasteiger charge is -2.17. The normalized spacial score (nSPS) is 17.9. The molecule has 1 aromatic carbocycles. The molecule has 1 aliphatic rings. The van der Waals surface area contributed by atoms with Crippen molar-refractivity contribution in [1.82, 2.24) is 0 Å². The van der Waals surface area contributed by atoms with Crippen LogP contribution in [0.2, 0.25) is 0 Å². The van der Waals surface area contributed by atoms with E-state index in [1.165, 1.54) is 32.8 Å². The van der Waals surface area contributed by atoms with Crippen LogP contribution in [0.4, 0.5) is 4.39 Å². The first-order valence-electron chi connectivity index (χ1n) is 6.77. The van der Waals surface area contributed by atoms with Gasteiger partial charge in [-0.3, -0.25) is 0 Å². The van der Waals surface area contributed by atoms with E-state index in [-0.39, 0.29) is 11.9 Å². The standard InChI is InChI=1S/C15H22FNO/c1-18-14-8-4-7-12(15(14)16)10-13(17)9-11-5-2-3-6-11/h4,7-8,11,13H,2-3,5-6,9-10,17H2,1H3. The summed E-state index contributed by atoms with van der Waals surface area (Å²) in [5, 5.41) is 0. The molecule has 3 heteroatoms. The SMILES string of the molecule is COc1cccc(CC(N)CC2CCCC2)c1F. The van der Waals surface area contributed by atoms with Crippen LogP contribution in [0.15, 0.2) is 18.2 Å². The lowest BCUT2D eigenvalue weighted by Crippen LogP contribution is -2.26. The van der Waals surface area contributed by atoms with Crippen LogP contribution >= 0.6 is 0 Å². The van der Waals surface area contributed by atoms with Crippen LogP contribution in [-0.2, 0) is 6.42 Å². The molecule has 18 heavy (non-hydrogen) atoms. The van der Waals surface area contributed by atoms with Crippen LogP contribution in [0.5, 0.6) is 5.75 Å². The summed E-state index contributed by atoms with van der Waals surface area (Å²) in [6.07, 6.45) is 6.83. The summed E-state index contributed by atoms with van der Waals surface area (Å²) in [6, 6.07) is 5.31. The van der Waals surface area contributed by atoms with E-state index in [0.29, 0.717) is 17.7 Å². The lowest BCUT2D eigenvalue weighted by atomic mass is 9.94. The third-order valence-electron chi connectivity index (χ3n) is 3.86. The Balaban J connectivity index is 1.95. The van der Waals surface area contributed by atoms with E-state index in [1.54, 1.807) is 12.1 Å². The van der Waals surface area contributed by atoms with Gasteiger partial charge in [0, 0.05) is 6.04 Å². The summed E-state index contributed by atoms with van der Waals surface area (Å²) in [7, 11) is 1.49. The van der Waals surface area contributed by atoms with Gasteiger partial charge in [0.05, 0.1) is 7.11 Å². The van der Waals surface area contributed by atoms with Gasteiger partial charge in [-0.05, 0) is 30.4 Å². The van der Waals surface area contributed by atoms with Gasteiger partial charge in [0.2, 0.25) is 0 Å². The van der Waals surface area contributed by atoms with Crippen molar-refractivity contribution in [2.75, 3.05) is 7.11 Å². The minimum absolute atomic E-state index is 0.0507. The smallest absolute Gasteiger partial charge is 0.168 e. The third kappa shape index (κ3) is 3.22. The number of methoxy groups -OCH3 is 1. The van der Waals surface area contributed by atoms with Crippen molar-refractivity contribution in [3.63, 3.8) is 0 Å². The highest BCUT2D eigenvalue weighted by atomic mass is 19.1. The summed E-state index contributed by atoms with van der Waals surface area (Å²) in [6.45, 7) is 0. The van der Waals surface area contributed by atoms with Gasteiger partial charge in [-0.1, -0.05) is 37.8 Å². The summed E-state index contributed by atoms with van der Waals surface area (Å²) in [5.74, 6) is 0.788. The van der Waals surface area contributed by atoms with E-state index in [0.717, 1.165) is 12.3 Å². The van der Waals surface area contributed by atoms with Crippen molar-refractivity contribution >= 4 is 0 Å². The van der Waals surface area contributed by atoms with E-state index < -0.39 is 0 Å². The van der Waals surface area contributed by atoms with Crippen molar-refractivity contribution in [2.24, 2.45) is 11.7 Å². The van der Waals surface area contributed by atoms with Gasteiger partial charge in [0.15, 0.2) is 11.6 Å². The molecule has 2 N–H and O–H groups in total. The Morgan fingerprint density at radius 3 is 2.78 bits per heavy atom. The molecule has 1 saturated carbocycles. The number of benzene rings is 1. The molecule has 0 aliphatic heterocycles. The van der Waals surface area contributed by atoms with E-state index in [9.17, 15) is 4.39 Å². The highest BCUT2D eigenvalue weighted by Crippen LogP contribution is 2.29. The second-order valence-corrected chi connectivity index (χ2v) is 5.28. The van der Waals surface area contributed by atoms with Gasteiger partial charge in [0.1, 0.15) is 0 Å². The van der Waals surface area contributed by atoms with E-state index in [4.69, 9.17) is 10.5 Å². The first kappa shape index (κ1) is 13.3. The van der Waals surface area contributed by atoms with Crippen molar-refractivity contribution in [3.05, 3.63) is 29.6 Å². The molecule has 0 spiro atoms. The zero-order valence-electron chi connectivity index (χ0n) is 11.0. The van der Waals surface area contributed by atoms with Crippen LogP contribution in [0, 0.1) is 11.7 Å². The van der Waals surface area contributed by atoms with Gasteiger partial charge in [-0.15, -0.1) is 0 Å². The molecular formula is C15H22FNO. The summed E-state index contributed by atoms with van der Waals surface area (Å²) < 4.78 is 19.0. The number of ether oxygens (including phenoxy) is 1. The van der Waals surface area contributed by atoms with Gasteiger partial charge in [-0.25, -0.2) is 4.39 Å².